The van der Waals surface area contributed by atoms with Gasteiger partial charge in [-0.05, 0) is 36.6 Å². The summed E-state index contributed by atoms with van der Waals surface area (Å²) in [5, 5.41) is 5.36. The van der Waals surface area contributed by atoms with Gasteiger partial charge in [0.1, 0.15) is 0 Å². The second-order valence-electron chi connectivity index (χ2n) is 4.99. The number of hydrogen-bond donors (Lipinski definition) is 2. The first-order chi connectivity index (χ1) is 9.42. The molecule has 2 rings (SSSR count). The van der Waals surface area contributed by atoms with Crippen molar-refractivity contribution in [2.24, 2.45) is 5.92 Å². The van der Waals surface area contributed by atoms with E-state index in [1.54, 1.807) is 0 Å². The van der Waals surface area contributed by atoms with Crippen molar-refractivity contribution >= 4 is 27.6 Å². The number of benzene rings is 1. The molecule has 20 heavy (non-hydrogen) atoms. The van der Waals surface area contributed by atoms with Gasteiger partial charge in [-0.2, -0.15) is 0 Å². The number of nitrogens with one attached hydrogen (secondary N) is 2. The molecule has 1 unspecified atom stereocenters. The standard InChI is InChI=1S/C14H17BrF2N2O/c1-2-9-7-11(15)3-4-12(9)19-13(20)18-6-5-10-8-14(10,16)17/h3-4,7,10H,2,5-6,8H2,1H3,(H2,18,19,20). The van der Waals surface area contributed by atoms with E-state index >= 15 is 0 Å². The van der Waals surface area contributed by atoms with Gasteiger partial charge in [0.2, 0.25) is 0 Å². The van der Waals surface area contributed by atoms with Gasteiger partial charge in [-0.1, -0.05) is 22.9 Å². The summed E-state index contributed by atoms with van der Waals surface area (Å²) in [7, 11) is 0. The van der Waals surface area contributed by atoms with Crippen LogP contribution in [0.25, 0.3) is 0 Å². The van der Waals surface area contributed by atoms with Gasteiger partial charge in [-0.15, -0.1) is 0 Å². The average Bonchev–Trinajstić information content (AvgIpc) is 2.99. The number of alkyl halides is 2. The fourth-order valence-corrected chi connectivity index (χ4v) is 2.49. The Bertz CT molecular complexity index is 508. The molecular weight excluding hydrogens is 330 g/mol. The highest BCUT2D eigenvalue weighted by Gasteiger charge is 2.55. The topological polar surface area (TPSA) is 41.1 Å². The lowest BCUT2D eigenvalue weighted by Crippen LogP contribution is -2.30. The number of halogens is 3. The smallest absolute Gasteiger partial charge is 0.319 e. The van der Waals surface area contributed by atoms with Crippen LogP contribution < -0.4 is 10.6 Å². The quantitative estimate of drug-likeness (QED) is 0.824. The van der Waals surface area contributed by atoms with Gasteiger partial charge in [-0.3, -0.25) is 0 Å². The van der Waals surface area contributed by atoms with Gasteiger partial charge in [0.25, 0.3) is 5.92 Å². The van der Waals surface area contributed by atoms with E-state index in [2.05, 4.69) is 26.6 Å². The van der Waals surface area contributed by atoms with Gasteiger partial charge in [0, 0.05) is 29.0 Å². The molecule has 0 radical (unpaired) electrons. The molecule has 1 aliphatic carbocycles. The molecule has 2 N–H and O–H groups in total. The van der Waals surface area contributed by atoms with E-state index in [9.17, 15) is 13.6 Å². The third-order valence-corrected chi connectivity index (χ3v) is 3.92. The van der Waals surface area contributed by atoms with Crippen molar-refractivity contribution in [3.05, 3.63) is 28.2 Å². The molecule has 1 aliphatic rings. The van der Waals surface area contributed by atoms with E-state index in [1.807, 2.05) is 25.1 Å². The van der Waals surface area contributed by atoms with E-state index in [-0.39, 0.29) is 19.0 Å². The summed E-state index contributed by atoms with van der Waals surface area (Å²) in [5.41, 5.74) is 1.76. The Balaban J connectivity index is 1.79. The third kappa shape index (κ3) is 3.91. The summed E-state index contributed by atoms with van der Waals surface area (Å²) in [6, 6.07) is 5.25. The summed E-state index contributed by atoms with van der Waals surface area (Å²) in [5.74, 6) is -3.08. The second kappa shape index (κ2) is 6.08. The van der Waals surface area contributed by atoms with Crippen molar-refractivity contribution in [2.75, 3.05) is 11.9 Å². The first-order valence-electron chi connectivity index (χ1n) is 6.63. The Labute approximate surface area is 125 Å². The molecule has 110 valence electrons. The largest absolute Gasteiger partial charge is 0.338 e. The SMILES string of the molecule is CCc1cc(Br)ccc1NC(=O)NCCC1CC1(F)F. The summed E-state index contributed by atoms with van der Waals surface area (Å²) >= 11 is 3.38. The van der Waals surface area contributed by atoms with E-state index in [0.29, 0.717) is 6.42 Å². The Morgan fingerprint density at radius 3 is 2.80 bits per heavy atom. The minimum absolute atomic E-state index is 0.0526. The second-order valence-corrected chi connectivity index (χ2v) is 5.90. The molecule has 3 nitrogen and oxygen atoms in total. The summed E-state index contributed by atoms with van der Waals surface area (Å²) in [6.07, 6.45) is 1.06. The number of carbonyl (C=O) groups excluding carboxylic acids is 1. The van der Waals surface area contributed by atoms with E-state index in [1.165, 1.54) is 0 Å². The lowest BCUT2D eigenvalue weighted by molar-refractivity contribution is 0.0971. The molecule has 1 saturated carbocycles. The highest BCUT2D eigenvalue weighted by atomic mass is 79.9. The highest BCUT2D eigenvalue weighted by Crippen LogP contribution is 2.50. The molecule has 0 saturated heterocycles. The van der Waals surface area contributed by atoms with Gasteiger partial charge in [0.05, 0.1) is 0 Å². The number of amides is 2. The van der Waals surface area contributed by atoms with Gasteiger partial charge >= 0.3 is 6.03 Å². The molecule has 0 heterocycles. The number of anilines is 1. The maximum Gasteiger partial charge on any atom is 0.319 e. The molecule has 0 aromatic heterocycles. The summed E-state index contributed by atoms with van der Waals surface area (Å²) in [4.78, 5) is 11.7. The predicted molar refractivity (Wildman–Crippen MR) is 78.2 cm³/mol. The molecular formula is C14H17BrF2N2O. The Kier molecular flexibility index (Phi) is 4.62. The van der Waals surface area contributed by atoms with Crippen LogP contribution in [0.3, 0.4) is 0 Å². The van der Waals surface area contributed by atoms with Crippen LogP contribution in [0.1, 0.15) is 25.3 Å². The molecule has 0 spiro atoms. The monoisotopic (exact) mass is 346 g/mol. The van der Waals surface area contributed by atoms with Crippen molar-refractivity contribution in [1.29, 1.82) is 0 Å². The van der Waals surface area contributed by atoms with Gasteiger partial charge < -0.3 is 10.6 Å². The predicted octanol–water partition coefficient (Wildman–Crippen LogP) is 4.18. The molecule has 0 bridgehead atoms. The molecule has 0 aliphatic heterocycles. The molecule has 1 aromatic rings. The molecule has 1 fully saturated rings. The van der Waals surface area contributed by atoms with Crippen LogP contribution in [0.4, 0.5) is 19.3 Å². The minimum Gasteiger partial charge on any atom is -0.338 e. The first-order valence-corrected chi connectivity index (χ1v) is 7.43. The zero-order chi connectivity index (χ0) is 14.8. The van der Waals surface area contributed by atoms with Crippen LogP contribution in [0, 0.1) is 5.92 Å². The fourth-order valence-electron chi connectivity index (χ4n) is 2.09. The Morgan fingerprint density at radius 1 is 1.50 bits per heavy atom. The minimum atomic E-state index is -2.51. The number of urea groups is 1. The van der Waals surface area contributed by atoms with Crippen LogP contribution >= 0.6 is 15.9 Å². The lowest BCUT2D eigenvalue weighted by atomic mass is 10.1. The zero-order valence-corrected chi connectivity index (χ0v) is 12.8. The van der Waals surface area contributed by atoms with E-state index in [0.717, 1.165) is 22.1 Å². The lowest BCUT2D eigenvalue weighted by Gasteiger charge is -2.11. The van der Waals surface area contributed by atoms with Crippen LogP contribution in [-0.2, 0) is 6.42 Å². The first kappa shape index (κ1) is 15.2. The van der Waals surface area contributed by atoms with Crippen LogP contribution in [0.5, 0.6) is 0 Å². The Hall–Kier alpha value is -1.17. The van der Waals surface area contributed by atoms with Gasteiger partial charge in [-0.25, -0.2) is 13.6 Å². The fraction of sp³-hybridized carbons (Fsp3) is 0.500. The number of rotatable bonds is 5. The van der Waals surface area contributed by atoms with Gasteiger partial charge in [0.15, 0.2) is 0 Å². The van der Waals surface area contributed by atoms with Crippen LogP contribution in [-0.4, -0.2) is 18.5 Å². The third-order valence-electron chi connectivity index (χ3n) is 3.43. The van der Waals surface area contributed by atoms with E-state index < -0.39 is 11.8 Å². The van der Waals surface area contributed by atoms with Crippen LogP contribution in [0.2, 0.25) is 0 Å². The average molecular weight is 347 g/mol. The van der Waals surface area contributed by atoms with Crippen molar-refractivity contribution in [3.8, 4) is 0 Å². The number of hydrogen-bond acceptors (Lipinski definition) is 1. The summed E-state index contributed by atoms with van der Waals surface area (Å²) in [6.45, 7) is 2.27. The van der Waals surface area contributed by atoms with Crippen molar-refractivity contribution < 1.29 is 13.6 Å². The normalized spacial score (nSPS) is 19.5. The van der Waals surface area contributed by atoms with Crippen LogP contribution in [0.15, 0.2) is 22.7 Å². The molecule has 2 amide bonds. The Morgan fingerprint density at radius 2 is 2.20 bits per heavy atom. The molecule has 1 aromatic carbocycles. The number of aryl methyl sites for hydroxylation is 1. The maximum atomic E-state index is 12.7. The molecule has 1 atom stereocenters. The van der Waals surface area contributed by atoms with E-state index in [4.69, 9.17) is 0 Å². The van der Waals surface area contributed by atoms with Crippen molar-refractivity contribution in [3.63, 3.8) is 0 Å². The maximum absolute atomic E-state index is 12.7. The summed E-state index contributed by atoms with van der Waals surface area (Å²) < 4.78 is 26.3. The molecule has 6 heteroatoms. The van der Waals surface area contributed by atoms with Crippen molar-refractivity contribution in [1.82, 2.24) is 5.32 Å². The highest BCUT2D eigenvalue weighted by molar-refractivity contribution is 9.10. The van der Waals surface area contributed by atoms with Crippen molar-refractivity contribution in [2.45, 2.75) is 32.1 Å². The number of carbonyl (C=O) groups is 1. The zero-order valence-electron chi connectivity index (χ0n) is 11.2.